The van der Waals surface area contributed by atoms with Gasteiger partial charge in [-0.1, -0.05) is 40.2 Å². The lowest BCUT2D eigenvalue weighted by Crippen LogP contribution is -2.24. The van der Waals surface area contributed by atoms with Crippen molar-refractivity contribution in [1.29, 1.82) is 0 Å². The number of hydrogen-bond donors (Lipinski definition) is 4. The SMILES string of the molecule is Nc1[nH]c(=O)c(C(=O)O)c(-c2ccc3cccc(Br)c3c2)c1C(=O)O. The Labute approximate surface area is 148 Å². The Bertz CT molecular complexity index is 1100. The highest BCUT2D eigenvalue weighted by Gasteiger charge is 2.26. The van der Waals surface area contributed by atoms with Crippen LogP contribution in [-0.2, 0) is 0 Å². The zero-order chi connectivity index (χ0) is 18.3. The molecule has 0 saturated heterocycles. The summed E-state index contributed by atoms with van der Waals surface area (Å²) in [6.07, 6.45) is 0. The van der Waals surface area contributed by atoms with Crippen molar-refractivity contribution in [1.82, 2.24) is 4.98 Å². The van der Waals surface area contributed by atoms with Crippen LogP contribution in [0.2, 0.25) is 0 Å². The molecule has 0 aliphatic carbocycles. The first-order valence-electron chi connectivity index (χ1n) is 7.02. The van der Waals surface area contributed by atoms with E-state index in [0.717, 1.165) is 15.2 Å². The third-order valence-electron chi connectivity index (χ3n) is 3.79. The van der Waals surface area contributed by atoms with Crippen molar-refractivity contribution >= 4 is 44.5 Å². The first kappa shape index (κ1) is 16.7. The molecule has 5 N–H and O–H groups in total. The summed E-state index contributed by atoms with van der Waals surface area (Å²) in [4.78, 5) is 37.3. The summed E-state index contributed by atoms with van der Waals surface area (Å²) in [5.41, 5.74) is 3.60. The summed E-state index contributed by atoms with van der Waals surface area (Å²) in [5.74, 6) is -3.37. The molecule has 0 aliphatic heterocycles. The highest BCUT2D eigenvalue weighted by atomic mass is 79.9. The lowest BCUT2D eigenvalue weighted by molar-refractivity contribution is 0.0695. The number of nitrogens with one attached hydrogen (secondary N) is 1. The van der Waals surface area contributed by atoms with Crippen molar-refractivity contribution in [2.45, 2.75) is 0 Å². The highest BCUT2D eigenvalue weighted by molar-refractivity contribution is 9.10. The van der Waals surface area contributed by atoms with E-state index in [1.165, 1.54) is 0 Å². The number of carboxylic acid groups (broad SMARTS) is 2. The quantitative estimate of drug-likeness (QED) is 0.532. The van der Waals surface area contributed by atoms with Gasteiger partial charge in [-0.25, -0.2) is 9.59 Å². The summed E-state index contributed by atoms with van der Waals surface area (Å²) < 4.78 is 0.749. The van der Waals surface area contributed by atoms with E-state index in [2.05, 4.69) is 20.9 Å². The number of aromatic nitrogens is 1. The molecule has 8 heteroatoms. The van der Waals surface area contributed by atoms with Crippen LogP contribution >= 0.6 is 15.9 Å². The van der Waals surface area contributed by atoms with Gasteiger partial charge in [0, 0.05) is 10.0 Å². The number of rotatable bonds is 3. The van der Waals surface area contributed by atoms with E-state index < -0.39 is 34.4 Å². The molecule has 126 valence electrons. The number of nitrogen functional groups attached to an aromatic ring is 1. The molecule has 2 aromatic carbocycles. The molecule has 1 heterocycles. The second-order valence-electron chi connectivity index (χ2n) is 5.28. The zero-order valence-electron chi connectivity index (χ0n) is 12.5. The molecule has 0 atom stereocenters. The number of anilines is 1. The number of aromatic carboxylic acids is 2. The van der Waals surface area contributed by atoms with Gasteiger partial charge in [0.05, 0.1) is 0 Å². The predicted octanol–water partition coefficient (Wildman–Crippen LogP) is 2.94. The maximum Gasteiger partial charge on any atom is 0.342 e. The third kappa shape index (κ3) is 2.76. The van der Waals surface area contributed by atoms with Gasteiger partial charge in [-0.05, 0) is 28.5 Å². The Kier molecular flexibility index (Phi) is 4.05. The molecule has 25 heavy (non-hydrogen) atoms. The van der Waals surface area contributed by atoms with Crippen molar-refractivity contribution in [2.75, 3.05) is 5.73 Å². The Balaban J connectivity index is 2.48. The van der Waals surface area contributed by atoms with Crippen molar-refractivity contribution in [2.24, 2.45) is 0 Å². The normalized spacial score (nSPS) is 10.8. The van der Waals surface area contributed by atoms with Crippen molar-refractivity contribution in [3.8, 4) is 11.1 Å². The van der Waals surface area contributed by atoms with Crippen molar-refractivity contribution < 1.29 is 19.8 Å². The van der Waals surface area contributed by atoms with E-state index in [4.69, 9.17) is 5.73 Å². The van der Waals surface area contributed by atoms with Gasteiger partial charge in [0.25, 0.3) is 5.56 Å². The van der Waals surface area contributed by atoms with Crippen LogP contribution in [0, 0.1) is 0 Å². The van der Waals surface area contributed by atoms with Gasteiger partial charge >= 0.3 is 11.9 Å². The number of nitrogens with two attached hydrogens (primary N) is 1. The summed E-state index contributed by atoms with van der Waals surface area (Å²) in [6.45, 7) is 0. The Morgan fingerprint density at radius 2 is 1.72 bits per heavy atom. The number of benzene rings is 2. The molecule has 0 radical (unpaired) electrons. The maximum atomic E-state index is 12.1. The average Bonchev–Trinajstić information content (AvgIpc) is 2.53. The molecule has 0 saturated carbocycles. The maximum absolute atomic E-state index is 12.1. The lowest BCUT2D eigenvalue weighted by atomic mass is 9.93. The Morgan fingerprint density at radius 3 is 2.36 bits per heavy atom. The van der Waals surface area contributed by atoms with E-state index >= 15 is 0 Å². The fourth-order valence-corrected chi connectivity index (χ4v) is 3.22. The summed E-state index contributed by atoms with van der Waals surface area (Å²) >= 11 is 3.40. The average molecular weight is 403 g/mol. The van der Waals surface area contributed by atoms with Crippen LogP contribution in [0.25, 0.3) is 21.9 Å². The van der Waals surface area contributed by atoms with Gasteiger partial charge in [0.1, 0.15) is 16.9 Å². The van der Waals surface area contributed by atoms with E-state index in [9.17, 15) is 24.6 Å². The van der Waals surface area contributed by atoms with Gasteiger partial charge in [-0.2, -0.15) is 0 Å². The van der Waals surface area contributed by atoms with Crippen LogP contribution in [0.15, 0.2) is 45.7 Å². The number of pyridine rings is 1. The summed E-state index contributed by atoms with van der Waals surface area (Å²) in [7, 11) is 0. The highest BCUT2D eigenvalue weighted by Crippen LogP contribution is 2.33. The van der Waals surface area contributed by atoms with Crippen LogP contribution in [0.5, 0.6) is 0 Å². The number of hydrogen-bond acceptors (Lipinski definition) is 4. The molecule has 1 aromatic heterocycles. The molecular formula is C17H11BrN2O5. The second kappa shape index (κ2) is 6.06. The van der Waals surface area contributed by atoms with Crippen molar-refractivity contribution in [3.63, 3.8) is 0 Å². The van der Waals surface area contributed by atoms with Gasteiger partial charge in [0.15, 0.2) is 0 Å². The number of H-pyrrole nitrogens is 1. The van der Waals surface area contributed by atoms with Crippen molar-refractivity contribution in [3.05, 3.63) is 62.4 Å². The standard InChI is InChI=1S/C17H11BrN2O5/c18-10-3-1-2-7-4-5-8(6-9(7)10)11-12(16(22)23)14(19)20-15(21)13(11)17(24)25/h1-6H,(H,22,23)(H,24,25)(H3,19,20,21). The molecule has 7 nitrogen and oxygen atoms in total. The molecule has 0 bridgehead atoms. The predicted molar refractivity (Wildman–Crippen MR) is 96.0 cm³/mol. The van der Waals surface area contributed by atoms with Crippen LogP contribution in [0.3, 0.4) is 0 Å². The van der Waals surface area contributed by atoms with E-state index in [1.807, 2.05) is 12.1 Å². The molecule has 0 spiro atoms. The number of aromatic amines is 1. The van der Waals surface area contributed by atoms with Gasteiger partial charge in [0.2, 0.25) is 0 Å². The van der Waals surface area contributed by atoms with E-state index in [1.54, 1.807) is 24.3 Å². The third-order valence-corrected chi connectivity index (χ3v) is 4.48. The summed E-state index contributed by atoms with van der Waals surface area (Å²) in [6, 6.07) is 10.4. The van der Waals surface area contributed by atoms with E-state index in [0.29, 0.717) is 0 Å². The van der Waals surface area contributed by atoms with Gasteiger partial charge < -0.3 is 20.9 Å². The number of halogens is 1. The Morgan fingerprint density at radius 1 is 1.04 bits per heavy atom. The van der Waals surface area contributed by atoms with Crippen LogP contribution in [-0.4, -0.2) is 27.1 Å². The first-order chi connectivity index (χ1) is 11.8. The second-order valence-corrected chi connectivity index (χ2v) is 6.13. The first-order valence-corrected chi connectivity index (χ1v) is 7.81. The minimum absolute atomic E-state index is 0.223. The lowest BCUT2D eigenvalue weighted by Gasteiger charge is -2.13. The molecule has 3 aromatic rings. The fourth-order valence-electron chi connectivity index (χ4n) is 2.73. The molecule has 0 amide bonds. The van der Waals surface area contributed by atoms with E-state index in [-0.39, 0.29) is 11.1 Å². The van der Waals surface area contributed by atoms with Crippen LogP contribution in [0.4, 0.5) is 5.82 Å². The number of fused-ring (bicyclic) bond motifs is 1. The topological polar surface area (TPSA) is 133 Å². The zero-order valence-corrected chi connectivity index (χ0v) is 14.1. The van der Waals surface area contributed by atoms with Crippen LogP contribution < -0.4 is 11.3 Å². The molecule has 3 rings (SSSR count). The minimum Gasteiger partial charge on any atom is -0.478 e. The number of carbonyl (C=O) groups is 2. The minimum atomic E-state index is -1.54. The molecular weight excluding hydrogens is 392 g/mol. The largest absolute Gasteiger partial charge is 0.478 e. The van der Waals surface area contributed by atoms with Gasteiger partial charge in [-0.3, -0.25) is 4.79 Å². The fraction of sp³-hybridized carbons (Fsp3) is 0. The molecule has 0 aliphatic rings. The molecule has 0 fully saturated rings. The van der Waals surface area contributed by atoms with Crippen LogP contribution in [0.1, 0.15) is 20.7 Å². The monoisotopic (exact) mass is 402 g/mol. The summed E-state index contributed by atoms with van der Waals surface area (Å²) in [5, 5.41) is 20.5. The smallest absolute Gasteiger partial charge is 0.342 e. The Hall–Kier alpha value is -3.13. The number of carboxylic acids is 2. The molecule has 0 unspecified atom stereocenters. The van der Waals surface area contributed by atoms with Gasteiger partial charge in [-0.15, -0.1) is 0 Å².